The van der Waals surface area contributed by atoms with Crippen LogP contribution < -0.4 is 5.32 Å². The average molecular weight is 469 g/mol. The lowest BCUT2D eigenvalue weighted by atomic mass is 10.2. The molecule has 1 amide bonds. The molecule has 1 heterocycles. The van der Waals surface area contributed by atoms with Gasteiger partial charge in [0, 0.05) is 19.2 Å². The number of nitrogens with zero attached hydrogens (tertiary/aromatic N) is 2. The molecule has 3 N–H and O–H groups in total. The Labute approximate surface area is 196 Å². The van der Waals surface area contributed by atoms with Gasteiger partial charge in [-0.2, -0.15) is 0 Å². The van der Waals surface area contributed by atoms with E-state index in [0.717, 1.165) is 15.7 Å². The second-order valence-electron chi connectivity index (χ2n) is 6.93. The highest BCUT2D eigenvalue weighted by atomic mass is 16.6. The zero-order chi connectivity index (χ0) is 24.8. The van der Waals surface area contributed by atoms with Gasteiger partial charge in [-0.1, -0.05) is 60.7 Å². The van der Waals surface area contributed by atoms with Crippen molar-refractivity contribution >= 4 is 18.2 Å². The number of aliphatic hydroxyl groups excluding tert-OH is 1. The van der Waals surface area contributed by atoms with Crippen molar-refractivity contribution < 1.29 is 34.1 Å². The number of amides is 1. The smallest absolute Gasteiger partial charge is 0.419 e. The van der Waals surface area contributed by atoms with E-state index in [0.29, 0.717) is 5.69 Å². The van der Waals surface area contributed by atoms with Gasteiger partial charge >= 0.3 is 18.2 Å². The lowest BCUT2D eigenvalue weighted by Crippen LogP contribution is -2.42. The van der Waals surface area contributed by atoms with Crippen LogP contribution in [0, 0.1) is 0 Å². The van der Waals surface area contributed by atoms with E-state index in [1.54, 1.807) is 31.2 Å². The third kappa shape index (κ3) is 9.13. The highest BCUT2D eigenvalue weighted by Crippen LogP contribution is 2.06. The fourth-order valence-electron chi connectivity index (χ4n) is 2.68. The Bertz CT molecular complexity index is 1040. The molecule has 10 heteroatoms. The number of aliphatic hydroxyl groups is 1. The van der Waals surface area contributed by atoms with Gasteiger partial charge in [-0.05, 0) is 18.1 Å². The number of imidazole rings is 1. The second-order valence-corrected chi connectivity index (χ2v) is 6.93. The quantitative estimate of drug-likeness (QED) is 0.457. The second kappa shape index (κ2) is 14.1. The molecule has 0 saturated heterocycles. The molecule has 0 fully saturated rings. The summed E-state index contributed by atoms with van der Waals surface area (Å²) in [7, 11) is 0. The first-order valence-electron chi connectivity index (χ1n) is 10.5. The normalized spacial score (nSPS) is 10.9. The number of alkyl carbamates (subject to hydrolysis) is 1. The standard InChI is InChI=1S/C22H21N3O6.C2H6O/c26-20(27)19(24-21(28)30-13-16-7-3-1-4-8-16)11-18-12-25(15-23-18)22(29)31-14-17-9-5-2-6-10-17;1-2-3/h1-10,12,15,19H,11,13-14H2,(H,24,28)(H,26,27);3H,2H2,1H3. The van der Waals surface area contributed by atoms with Crippen LogP contribution in [-0.2, 0) is 33.9 Å². The number of carbonyl (C=O) groups excluding carboxylic acids is 2. The van der Waals surface area contributed by atoms with E-state index in [1.807, 2.05) is 36.4 Å². The zero-order valence-electron chi connectivity index (χ0n) is 18.7. The van der Waals surface area contributed by atoms with E-state index in [4.69, 9.17) is 14.6 Å². The minimum Gasteiger partial charge on any atom is -0.480 e. The number of nitrogens with one attached hydrogen (secondary N) is 1. The summed E-state index contributed by atoms with van der Waals surface area (Å²) in [6, 6.07) is 16.9. The van der Waals surface area contributed by atoms with Gasteiger partial charge in [-0.3, -0.25) is 0 Å². The van der Waals surface area contributed by atoms with E-state index >= 15 is 0 Å². The molecule has 0 aliphatic rings. The van der Waals surface area contributed by atoms with Crippen LogP contribution in [0.5, 0.6) is 0 Å². The zero-order valence-corrected chi connectivity index (χ0v) is 18.7. The topological polar surface area (TPSA) is 140 Å². The molecule has 3 rings (SSSR count). The number of rotatable bonds is 8. The first-order chi connectivity index (χ1) is 16.4. The van der Waals surface area contributed by atoms with Crippen molar-refractivity contribution in [1.82, 2.24) is 14.9 Å². The van der Waals surface area contributed by atoms with Crippen LogP contribution in [0.1, 0.15) is 23.7 Å². The number of carboxylic acids is 1. The third-order valence-electron chi connectivity index (χ3n) is 4.27. The van der Waals surface area contributed by atoms with Crippen LogP contribution in [0.25, 0.3) is 0 Å². The molecular formula is C24H27N3O7. The maximum absolute atomic E-state index is 12.1. The number of ether oxygens (including phenoxy) is 2. The summed E-state index contributed by atoms with van der Waals surface area (Å²) in [5.74, 6) is -1.25. The monoisotopic (exact) mass is 469 g/mol. The lowest BCUT2D eigenvalue weighted by Gasteiger charge is -2.13. The van der Waals surface area contributed by atoms with Crippen LogP contribution >= 0.6 is 0 Å². The average Bonchev–Trinajstić information content (AvgIpc) is 3.31. The summed E-state index contributed by atoms with van der Waals surface area (Å²) in [5.41, 5.74) is 1.91. The number of hydrogen-bond donors (Lipinski definition) is 3. The van der Waals surface area contributed by atoms with Gasteiger partial charge in [0.05, 0.1) is 5.69 Å². The number of carbonyl (C=O) groups is 3. The summed E-state index contributed by atoms with van der Waals surface area (Å²) >= 11 is 0. The van der Waals surface area contributed by atoms with Crippen molar-refractivity contribution in [3.8, 4) is 0 Å². The third-order valence-corrected chi connectivity index (χ3v) is 4.27. The first kappa shape index (κ1) is 26.1. The number of hydrogen-bond acceptors (Lipinski definition) is 7. The van der Waals surface area contributed by atoms with Crippen molar-refractivity contribution in [2.75, 3.05) is 6.61 Å². The fraction of sp³-hybridized carbons (Fsp3) is 0.250. The van der Waals surface area contributed by atoms with Crippen LogP contribution in [0.2, 0.25) is 0 Å². The molecule has 2 aromatic carbocycles. The van der Waals surface area contributed by atoms with Crippen molar-refractivity contribution in [1.29, 1.82) is 0 Å². The lowest BCUT2D eigenvalue weighted by molar-refractivity contribution is -0.139. The molecule has 180 valence electrons. The number of carboxylic acid groups (broad SMARTS) is 1. The van der Waals surface area contributed by atoms with Crippen LogP contribution in [-0.4, -0.2) is 50.6 Å². The Morgan fingerprint density at radius 2 is 1.50 bits per heavy atom. The molecule has 0 saturated carbocycles. The minimum atomic E-state index is -1.27. The molecular weight excluding hydrogens is 442 g/mol. The number of benzene rings is 2. The van der Waals surface area contributed by atoms with E-state index in [9.17, 15) is 19.5 Å². The minimum absolute atomic E-state index is 0.0148. The van der Waals surface area contributed by atoms with E-state index in [-0.39, 0.29) is 26.2 Å². The molecule has 10 nitrogen and oxygen atoms in total. The molecule has 1 unspecified atom stereocenters. The Kier molecular flexibility index (Phi) is 10.8. The molecule has 0 bridgehead atoms. The molecule has 0 aliphatic heterocycles. The summed E-state index contributed by atoms with van der Waals surface area (Å²) in [6.45, 7) is 2.04. The Hall–Kier alpha value is -4.18. The maximum Gasteiger partial charge on any atom is 0.419 e. The van der Waals surface area contributed by atoms with E-state index in [2.05, 4.69) is 10.3 Å². The summed E-state index contributed by atoms with van der Waals surface area (Å²) < 4.78 is 11.4. The van der Waals surface area contributed by atoms with Gasteiger partial charge < -0.3 is 25.0 Å². The van der Waals surface area contributed by atoms with Gasteiger partial charge in [0.25, 0.3) is 0 Å². The highest BCUT2D eigenvalue weighted by molar-refractivity contribution is 5.80. The van der Waals surface area contributed by atoms with Crippen molar-refractivity contribution in [2.24, 2.45) is 0 Å². The van der Waals surface area contributed by atoms with Crippen molar-refractivity contribution in [3.63, 3.8) is 0 Å². The van der Waals surface area contributed by atoms with Gasteiger partial charge in [0.1, 0.15) is 25.6 Å². The van der Waals surface area contributed by atoms with Gasteiger partial charge in [0.2, 0.25) is 0 Å². The highest BCUT2D eigenvalue weighted by Gasteiger charge is 2.23. The molecule has 34 heavy (non-hydrogen) atoms. The largest absolute Gasteiger partial charge is 0.480 e. The summed E-state index contributed by atoms with van der Waals surface area (Å²) in [5, 5.41) is 19.3. The summed E-state index contributed by atoms with van der Waals surface area (Å²) in [6.07, 6.45) is 0.951. The first-order valence-corrected chi connectivity index (χ1v) is 10.5. The van der Waals surface area contributed by atoms with Gasteiger partial charge in [-0.25, -0.2) is 23.9 Å². The van der Waals surface area contributed by atoms with Crippen LogP contribution in [0.4, 0.5) is 9.59 Å². The molecule has 3 aromatic rings. The van der Waals surface area contributed by atoms with E-state index in [1.165, 1.54) is 12.5 Å². The van der Waals surface area contributed by atoms with Crippen molar-refractivity contribution in [3.05, 3.63) is 90.0 Å². The Morgan fingerprint density at radius 3 is 2.03 bits per heavy atom. The molecule has 0 aliphatic carbocycles. The number of aromatic nitrogens is 2. The van der Waals surface area contributed by atoms with Crippen molar-refractivity contribution in [2.45, 2.75) is 32.6 Å². The predicted octanol–water partition coefficient (Wildman–Crippen LogP) is 2.99. The van der Waals surface area contributed by atoms with Crippen LogP contribution in [0.15, 0.2) is 73.2 Å². The maximum atomic E-state index is 12.1. The van der Waals surface area contributed by atoms with Gasteiger partial charge in [-0.15, -0.1) is 0 Å². The molecule has 0 radical (unpaired) electrons. The Morgan fingerprint density at radius 1 is 0.971 bits per heavy atom. The predicted molar refractivity (Wildman–Crippen MR) is 122 cm³/mol. The summed E-state index contributed by atoms with van der Waals surface area (Å²) in [4.78, 5) is 39.6. The molecule has 0 spiro atoms. The van der Waals surface area contributed by atoms with Crippen LogP contribution in [0.3, 0.4) is 0 Å². The molecule has 1 atom stereocenters. The number of aliphatic carboxylic acids is 1. The Balaban J connectivity index is 0.00000129. The molecule has 1 aromatic heterocycles. The van der Waals surface area contributed by atoms with E-state index < -0.39 is 24.2 Å². The SMILES string of the molecule is CCO.O=C(NC(Cc1cn(C(=O)OCc2ccccc2)cn1)C(=O)O)OCc1ccccc1. The fourth-order valence-corrected chi connectivity index (χ4v) is 2.68. The van der Waals surface area contributed by atoms with Gasteiger partial charge in [0.15, 0.2) is 0 Å².